The number of rotatable bonds is 3. The number of nitrogens with one attached hydrogen (secondary N) is 2. The second-order valence-corrected chi connectivity index (χ2v) is 8.24. The van der Waals surface area contributed by atoms with Gasteiger partial charge in [0.25, 0.3) is 5.56 Å². The molecule has 2 N–H and O–H groups in total. The van der Waals surface area contributed by atoms with Crippen molar-refractivity contribution in [3.05, 3.63) is 46.6 Å². The van der Waals surface area contributed by atoms with E-state index in [2.05, 4.69) is 20.3 Å². The molecule has 0 bridgehead atoms. The molecule has 0 unspecified atom stereocenters. The quantitative estimate of drug-likeness (QED) is 0.725. The Kier molecular flexibility index (Phi) is 4.56. The highest BCUT2D eigenvalue weighted by Crippen LogP contribution is 2.23. The maximum absolute atomic E-state index is 13.9. The summed E-state index contributed by atoms with van der Waals surface area (Å²) in [5, 5.41) is 8.13. The third-order valence-electron chi connectivity index (χ3n) is 5.09. The number of para-hydroxylation sites is 1. The largest absolute Gasteiger partial charge is 0.380 e. The van der Waals surface area contributed by atoms with E-state index in [-0.39, 0.29) is 23.0 Å². The van der Waals surface area contributed by atoms with Gasteiger partial charge in [-0.2, -0.15) is 10.1 Å². The summed E-state index contributed by atoms with van der Waals surface area (Å²) < 4.78 is 15.6. The molecule has 0 atom stereocenters. The normalized spacial score (nSPS) is 15.9. The van der Waals surface area contributed by atoms with Crippen molar-refractivity contribution in [1.29, 1.82) is 0 Å². The van der Waals surface area contributed by atoms with Crippen molar-refractivity contribution in [3.63, 3.8) is 0 Å². The summed E-state index contributed by atoms with van der Waals surface area (Å²) >= 11 is 0. The molecular weight excluding hydrogens is 359 g/mol. The van der Waals surface area contributed by atoms with E-state index >= 15 is 0 Å². The zero-order valence-electron chi connectivity index (χ0n) is 16.4. The number of nitrogens with zero attached hydrogens (tertiary/aromatic N) is 4. The SMILES string of the molecule is CC(C)(C)n1ncc2c(=O)[nH]c(N3CCC(Nc4ccccc4F)CC3)nc21. The van der Waals surface area contributed by atoms with E-state index in [1.165, 1.54) is 6.07 Å². The average Bonchev–Trinajstić information content (AvgIpc) is 3.09. The Morgan fingerprint density at radius 1 is 1.21 bits per heavy atom. The first-order valence-electron chi connectivity index (χ1n) is 9.57. The minimum Gasteiger partial charge on any atom is -0.380 e. The standard InChI is InChI=1S/C20H25FN6O/c1-20(2,3)27-17-14(12-22-27)18(28)25-19(24-17)26-10-8-13(9-11-26)23-16-7-5-4-6-15(16)21/h4-7,12-13,23H,8-11H2,1-3H3,(H,24,25,28). The molecule has 1 aliphatic rings. The molecule has 1 aliphatic heterocycles. The van der Waals surface area contributed by atoms with Gasteiger partial charge in [0.15, 0.2) is 5.65 Å². The Labute approximate surface area is 162 Å². The molecule has 1 aromatic carbocycles. The zero-order chi connectivity index (χ0) is 19.9. The van der Waals surface area contributed by atoms with E-state index in [4.69, 9.17) is 4.98 Å². The molecule has 1 saturated heterocycles. The summed E-state index contributed by atoms with van der Waals surface area (Å²) in [6.07, 6.45) is 3.23. The van der Waals surface area contributed by atoms with Crippen molar-refractivity contribution >= 4 is 22.7 Å². The molecule has 0 amide bonds. The number of H-pyrrole nitrogens is 1. The highest BCUT2D eigenvalue weighted by molar-refractivity contribution is 5.74. The van der Waals surface area contributed by atoms with Crippen LogP contribution in [0.3, 0.4) is 0 Å². The number of halogens is 1. The summed E-state index contributed by atoms with van der Waals surface area (Å²) in [5.41, 5.74) is 0.680. The van der Waals surface area contributed by atoms with Crippen molar-refractivity contribution in [3.8, 4) is 0 Å². The molecule has 28 heavy (non-hydrogen) atoms. The number of hydrogen-bond donors (Lipinski definition) is 2. The van der Waals surface area contributed by atoms with E-state index < -0.39 is 0 Å². The van der Waals surface area contributed by atoms with Gasteiger partial charge in [-0.1, -0.05) is 12.1 Å². The number of fused-ring (bicyclic) bond motifs is 1. The molecule has 1 fully saturated rings. The van der Waals surface area contributed by atoms with Gasteiger partial charge in [-0.25, -0.2) is 9.07 Å². The second kappa shape index (κ2) is 6.92. The molecular formula is C20H25FN6O. The van der Waals surface area contributed by atoms with Gasteiger partial charge in [-0.15, -0.1) is 0 Å². The lowest BCUT2D eigenvalue weighted by Crippen LogP contribution is -2.40. The predicted molar refractivity (Wildman–Crippen MR) is 108 cm³/mol. The molecule has 3 heterocycles. The number of piperidine rings is 1. The lowest BCUT2D eigenvalue weighted by atomic mass is 10.0. The maximum atomic E-state index is 13.9. The molecule has 7 nitrogen and oxygen atoms in total. The summed E-state index contributed by atoms with van der Waals surface area (Å²) in [7, 11) is 0. The Hall–Kier alpha value is -2.90. The highest BCUT2D eigenvalue weighted by Gasteiger charge is 2.24. The van der Waals surface area contributed by atoms with Crippen molar-refractivity contribution in [2.24, 2.45) is 0 Å². The van der Waals surface area contributed by atoms with E-state index in [0.717, 1.165) is 25.9 Å². The monoisotopic (exact) mass is 384 g/mol. The second-order valence-electron chi connectivity index (χ2n) is 8.24. The maximum Gasteiger partial charge on any atom is 0.263 e. The van der Waals surface area contributed by atoms with Gasteiger partial charge >= 0.3 is 0 Å². The van der Waals surface area contributed by atoms with Crippen LogP contribution in [-0.2, 0) is 5.54 Å². The molecule has 0 saturated carbocycles. The molecule has 2 aromatic heterocycles. The summed E-state index contributed by atoms with van der Waals surface area (Å²) in [6, 6.07) is 6.90. The van der Waals surface area contributed by atoms with Gasteiger partial charge in [-0.3, -0.25) is 9.78 Å². The molecule has 8 heteroatoms. The lowest BCUT2D eigenvalue weighted by molar-refractivity contribution is 0.365. The van der Waals surface area contributed by atoms with Gasteiger partial charge in [0.05, 0.1) is 17.4 Å². The average molecular weight is 384 g/mol. The van der Waals surface area contributed by atoms with Crippen molar-refractivity contribution in [1.82, 2.24) is 19.7 Å². The Bertz CT molecular complexity index is 1040. The molecule has 0 radical (unpaired) electrons. The first-order valence-corrected chi connectivity index (χ1v) is 9.57. The van der Waals surface area contributed by atoms with E-state index in [1.807, 2.05) is 26.8 Å². The smallest absolute Gasteiger partial charge is 0.263 e. The Morgan fingerprint density at radius 3 is 2.61 bits per heavy atom. The van der Waals surface area contributed by atoms with Gasteiger partial charge in [0.2, 0.25) is 5.95 Å². The number of benzene rings is 1. The van der Waals surface area contributed by atoms with E-state index in [1.54, 1.807) is 23.0 Å². The molecule has 148 valence electrons. The van der Waals surface area contributed by atoms with Crippen LogP contribution in [0.2, 0.25) is 0 Å². The van der Waals surface area contributed by atoms with E-state index in [9.17, 15) is 9.18 Å². The third-order valence-corrected chi connectivity index (χ3v) is 5.09. The Balaban J connectivity index is 1.52. The van der Waals surface area contributed by atoms with Crippen LogP contribution in [0.5, 0.6) is 0 Å². The summed E-state index contributed by atoms with van der Waals surface area (Å²) in [5.74, 6) is 0.324. The van der Waals surface area contributed by atoms with Crippen LogP contribution in [-0.4, -0.2) is 38.9 Å². The van der Waals surface area contributed by atoms with Gasteiger partial charge in [0.1, 0.15) is 11.2 Å². The number of hydrogen-bond acceptors (Lipinski definition) is 5. The number of aromatic amines is 1. The van der Waals surface area contributed by atoms with Crippen LogP contribution >= 0.6 is 0 Å². The zero-order valence-corrected chi connectivity index (χ0v) is 16.4. The number of aromatic nitrogens is 4. The van der Waals surface area contributed by atoms with Crippen LogP contribution in [0.25, 0.3) is 11.0 Å². The third kappa shape index (κ3) is 3.46. The van der Waals surface area contributed by atoms with Gasteiger partial charge in [-0.05, 0) is 45.7 Å². The lowest BCUT2D eigenvalue weighted by Gasteiger charge is -2.33. The first kappa shape index (κ1) is 18.5. The predicted octanol–water partition coefficient (Wildman–Crippen LogP) is 3.09. The highest BCUT2D eigenvalue weighted by atomic mass is 19.1. The van der Waals surface area contributed by atoms with Gasteiger partial charge in [0, 0.05) is 19.1 Å². The molecule has 0 spiro atoms. The van der Waals surface area contributed by atoms with Crippen molar-refractivity contribution < 1.29 is 4.39 Å². The fourth-order valence-electron chi connectivity index (χ4n) is 3.58. The first-order chi connectivity index (χ1) is 13.3. The topological polar surface area (TPSA) is 78.8 Å². The molecule has 3 aromatic rings. The summed E-state index contributed by atoms with van der Waals surface area (Å²) in [4.78, 5) is 22.1. The summed E-state index contributed by atoms with van der Waals surface area (Å²) in [6.45, 7) is 7.54. The van der Waals surface area contributed by atoms with Crippen LogP contribution in [0.1, 0.15) is 33.6 Å². The van der Waals surface area contributed by atoms with Crippen molar-refractivity contribution in [2.75, 3.05) is 23.3 Å². The van der Waals surface area contributed by atoms with Crippen LogP contribution in [0.15, 0.2) is 35.3 Å². The van der Waals surface area contributed by atoms with E-state index in [0.29, 0.717) is 22.7 Å². The minimum atomic E-state index is -0.267. The van der Waals surface area contributed by atoms with Crippen LogP contribution in [0, 0.1) is 5.82 Å². The van der Waals surface area contributed by atoms with Crippen LogP contribution in [0.4, 0.5) is 16.0 Å². The molecule has 0 aliphatic carbocycles. The number of anilines is 2. The molecule has 4 rings (SSSR count). The van der Waals surface area contributed by atoms with Crippen molar-refractivity contribution in [2.45, 2.75) is 45.2 Å². The fourth-order valence-corrected chi connectivity index (χ4v) is 3.58. The Morgan fingerprint density at radius 2 is 1.93 bits per heavy atom. The van der Waals surface area contributed by atoms with Crippen LogP contribution < -0.4 is 15.8 Å². The van der Waals surface area contributed by atoms with Gasteiger partial charge < -0.3 is 10.2 Å². The minimum absolute atomic E-state index is 0.179. The fraction of sp³-hybridized carbons (Fsp3) is 0.450.